The molecule has 0 saturated carbocycles. The minimum Gasteiger partial charge on any atom is -0.494 e. The summed E-state index contributed by atoms with van der Waals surface area (Å²) in [5, 5.41) is 2.86. The van der Waals surface area contributed by atoms with Crippen molar-refractivity contribution in [2.45, 2.75) is 13.5 Å². The zero-order valence-electron chi connectivity index (χ0n) is 11.1. The standard InChI is InChI=1S/C15H15BrN2O2/c1-2-20-12-6-3-5-11(9-12)10-18-15(19)13-7-4-8-17-14(13)16/h3-9H,2,10H2,1H3,(H,18,19). The maximum absolute atomic E-state index is 12.0. The number of pyridine rings is 1. The van der Waals surface area contributed by atoms with Gasteiger partial charge in [0.15, 0.2) is 0 Å². The maximum atomic E-state index is 12.0. The first-order valence-corrected chi connectivity index (χ1v) is 7.10. The van der Waals surface area contributed by atoms with Gasteiger partial charge in [-0.1, -0.05) is 12.1 Å². The summed E-state index contributed by atoms with van der Waals surface area (Å²) in [6.07, 6.45) is 1.63. The fourth-order valence-electron chi connectivity index (χ4n) is 1.74. The lowest BCUT2D eigenvalue weighted by atomic mass is 10.2. The van der Waals surface area contributed by atoms with Gasteiger partial charge < -0.3 is 10.1 Å². The first-order chi connectivity index (χ1) is 9.70. The van der Waals surface area contributed by atoms with E-state index in [-0.39, 0.29) is 5.91 Å². The largest absolute Gasteiger partial charge is 0.494 e. The highest BCUT2D eigenvalue weighted by molar-refractivity contribution is 9.10. The molecular formula is C15H15BrN2O2. The zero-order chi connectivity index (χ0) is 14.4. The SMILES string of the molecule is CCOc1cccc(CNC(=O)c2cccnc2Br)c1. The Bertz CT molecular complexity index is 602. The fraction of sp³-hybridized carbons (Fsp3) is 0.200. The second-order valence-electron chi connectivity index (χ2n) is 4.10. The third-order valence-electron chi connectivity index (χ3n) is 2.67. The van der Waals surface area contributed by atoms with Gasteiger partial charge in [-0.3, -0.25) is 4.79 Å². The topological polar surface area (TPSA) is 51.2 Å². The Labute approximate surface area is 126 Å². The molecule has 104 valence electrons. The number of nitrogens with one attached hydrogen (secondary N) is 1. The molecule has 20 heavy (non-hydrogen) atoms. The highest BCUT2D eigenvalue weighted by atomic mass is 79.9. The molecule has 0 radical (unpaired) electrons. The molecule has 0 aliphatic heterocycles. The van der Waals surface area contributed by atoms with Crippen LogP contribution in [-0.4, -0.2) is 17.5 Å². The number of halogens is 1. The number of hydrogen-bond donors (Lipinski definition) is 1. The lowest BCUT2D eigenvalue weighted by Crippen LogP contribution is -2.23. The van der Waals surface area contributed by atoms with Gasteiger partial charge in [0.05, 0.1) is 12.2 Å². The molecule has 0 bridgehead atoms. The molecule has 0 aliphatic carbocycles. The number of aromatic nitrogens is 1. The first-order valence-electron chi connectivity index (χ1n) is 6.31. The zero-order valence-corrected chi connectivity index (χ0v) is 12.7. The van der Waals surface area contributed by atoms with Crippen molar-refractivity contribution in [3.8, 4) is 5.75 Å². The minimum absolute atomic E-state index is 0.160. The summed E-state index contributed by atoms with van der Waals surface area (Å²) in [5.74, 6) is 0.647. The molecule has 0 spiro atoms. The molecule has 1 amide bonds. The number of ether oxygens (including phenoxy) is 1. The molecule has 1 N–H and O–H groups in total. The molecule has 2 aromatic rings. The van der Waals surface area contributed by atoms with E-state index in [9.17, 15) is 4.79 Å². The fourth-order valence-corrected chi connectivity index (χ4v) is 2.18. The number of nitrogens with zero attached hydrogens (tertiary/aromatic N) is 1. The Hall–Kier alpha value is -1.88. The van der Waals surface area contributed by atoms with E-state index < -0.39 is 0 Å². The molecule has 0 atom stereocenters. The van der Waals surface area contributed by atoms with Gasteiger partial charge in [-0.2, -0.15) is 0 Å². The van der Waals surface area contributed by atoms with Crippen LogP contribution in [0.2, 0.25) is 0 Å². The van der Waals surface area contributed by atoms with E-state index in [1.807, 2.05) is 31.2 Å². The Morgan fingerprint density at radius 3 is 2.95 bits per heavy atom. The van der Waals surface area contributed by atoms with Crippen LogP contribution in [0.4, 0.5) is 0 Å². The van der Waals surface area contributed by atoms with Crippen LogP contribution in [0.15, 0.2) is 47.2 Å². The van der Waals surface area contributed by atoms with Crippen molar-refractivity contribution in [2.75, 3.05) is 6.61 Å². The maximum Gasteiger partial charge on any atom is 0.254 e. The van der Waals surface area contributed by atoms with Gasteiger partial charge in [0, 0.05) is 12.7 Å². The number of carbonyl (C=O) groups excluding carboxylic acids is 1. The molecule has 4 nitrogen and oxygen atoms in total. The highest BCUT2D eigenvalue weighted by Gasteiger charge is 2.09. The van der Waals surface area contributed by atoms with Crippen LogP contribution >= 0.6 is 15.9 Å². The average molecular weight is 335 g/mol. The Kier molecular flexibility index (Phi) is 5.12. The number of carbonyl (C=O) groups is 1. The number of benzene rings is 1. The quantitative estimate of drug-likeness (QED) is 0.854. The number of rotatable bonds is 5. The van der Waals surface area contributed by atoms with Crippen molar-refractivity contribution in [1.82, 2.24) is 10.3 Å². The monoisotopic (exact) mass is 334 g/mol. The Morgan fingerprint density at radius 2 is 2.20 bits per heavy atom. The lowest BCUT2D eigenvalue weighted by Gasteiger charge is -2.08. The van der Waals surface area contributed by atoms with Crippen molar-refractivity contribution in [3.63, 3.8) is 0 Å². The second kappa shape index (κ2) is 7.05. The molecule has 0 saturated heterocycles. The molecule has 1 aromatic heterocycles. The molecule has 1 aromatic carbocycles. The minimum atomic E-state index is -0.160. The van der Waals surface area contributed by atoms with E-state index >= 15 is 0 Å². The Balaban J connectivity index is 2.00. The summed E-state index contributed by atoms with van der Waals surface area (Å²) in [6.45, 7) is 3.01. The van der Waals surface area contributed by atoms with Gasteiger partial charge in [-0.05, 0) is 52.7 Å². The summed E-state index contributed by atoms with van der Waals surface area (Å²) < 4.78 is 5.97. The molecule has 0 unspecified atom stereocenters. The van der Waals surface area contributed by atoms with Gasteiger partial charge in [0.1, 0.15) is 10.4 Å². The van der Waals surface area contributed by atoms with Crippen molar-refractivity contribution in [3.05, 3.63) is 58.3 Å². The third kappa shape index (κ3) is 3.81. The van der Waals surface area contributed by atoms with Gasteiger partial charge in [0.2, 0.25) is 0 Å². The van der Waals surface area contributed by atoms with Crippen LogP contribution in [0.1, 0.15) is 22.8 Å². The third-order valence-corrected chi connectivity index (χ3v) is 3.30. The van der Waals surface area contributed by atoms with Crippen LogP contribution < -0.4 is 10.1 Å². The van der Waals surface area contributed by atoms with Gasteiger partial charge in [-0.25, -0.2) is 4.98 Å². The Morgan fingerprint density at radius 1 is 1.35 bits per heavy atom. The number of amides is 1. The summed E-state index contributed by atoms with van der Waals surface area (Å²) in [7, 11) is 0. The average Bonchev–Trinajstić information content (AvgIpc) is 2.46. The molecule has 0 aliphatic rings. The number of hydrogen-bond acceptors (Lipinski definition) is 3. The molecule has 1 heterocycles. The normalized spacial score (nSPS) is 10.1. The van der Waals surface area contributed by atoms with Gasteiger partial charge in [-0.15, -0.1) is 0 Å². The van der Waals surface area contributed by atoms with Crippen LogP contribution in [0.5, 0.6) is 5.75 Å². The summed E-state index contributed by atoms with van der Waals surface area (Å²) in [5.41, 5.74) is 1.51. The predicted molar refractivity (Wildman–Crippen MR) is 80.7 cm³/mol. The van der Waals surface area contributed by atoms with Crippen molar-refractivity contribution in [1.29, 1.82) is 0 Å². The van der Waals surface area contributed by atoms with Crippen LogP contribution in [-0.2, 0) is 6.54 Å². The second-order valence-corrected chi connectivity index (χ2v) is 4.86. The van der Waals surface area contributed by atoms with E-state index in [1.54, 1.807) is 18.3 Å². The van der Waals surface area contributed by atoms with E-state index in [4.69, 9.17) is 4.74 Å². The van der Waals surface area contributed by atoms with Crippen LogP contribution in [0, 0.1) is 0 Å². The van der Waals surface area contributed by atoms with Crippen LogP contribution in [0.25, 0.3) is 0 Å². The molecular weight excluding hydrogens is 320 g/mol. The summed E-state index contributed by atoms with van der Waals surface area (Å²) in [6, 6.07) is 11.1. The molecule has 0 fully saturated rings. The van der Waals surface area contributed by atoms with E-state index in [0.29, 0.717) is 23.3 Å². The van der Waals surface area contributed by atoms with E-state index in [1.165, 1.54) is 0 Å². The predicted octanol–water partition coefficient (Wildman–Crippen LogP) is 3.17. The van der Waals surface area contributed by atoms with Gasteiger partial charge >= 0.3 is 0 Å². The van der Waals surface area contributed by atoms with Crippen molar-refractivity contribution < 1.29 is 9.53 Å². The smallest absolute Gasteiger partial charge is 0.254 e. The van der Waals surface area contributed by atoms with Gasteiger partial charge in [0.25, 0.3) is 5.91 Å². The highest BCUT2D eigenvalue weighted by Crippen LogP contribution is 2.14. The van der Waals surface area contributed by atoms with E-state index in [0.717, 1.165) is 11.3 Å². The lowest BCUT2D eigenvalue weighted by molar-refractivity contribution is 0.0949. The van der Waals surface area contributed by atoms with E-state index in [2.05, 4.69) is 26.2 Å². The van der Waals surface area contributed by atoms with Crippen LogP contribution in [0.3, 0.4) is 0 Å². The first kappa shape index (κ1) is 14.5. The molecule has 2 rings (SSSR count). The summed E-state index contributed by atoms with van der Waals surface area (Å²) in [4.78, 5) is 16.1. The summed E-state index contributed by atoms with van der Waals surface area (Å²) >= 11 is 3.26. The molecule has 5 heteroatoms. The van der Waals surface area contributed by atoms with Crippen molar-refractivity contribution in [2.24, 2.45) is 0 Å². The van der Waals surface area contributed by atoms with Crippen molar-refractivity contribution >= 4 is 21.8 Å².